The van der Waals surface area contributed by atoms with Gasteiger partial charge in [0.2, 0.25) is 10.0 Å². The summed E-state index contributed by atoms with van der Waals surface area (Å²) in [6.45, 7) is 2.27. The number of carbonyl (C=O) groups is 1. The van der Waals surface area contributed by atoms with Crippen LogP contribution in [0.3, 0.4) is 0 Å². The Labute approximate surface area is 186 Å². The highest BCUT2D eigenvalue weighted by Gasteiger charge is 2.34. The van der Waals surface area contributed by atoms with Gasteiger partial charge >= 0.3 is 12.2 Å². The maximum atomic E-state index is 12.9. The molecule has 0 aromatic heterocycles. The standard InChI is InChI=1S/C22H26F3N3O3S/c1-17(10-11-18-6-3-2-4-7-18)26-21(29)27-12-14-28(15-13-27)32(30,31)20-9-5-8-19(16-20)22(23,24)25/h2-9,16-17H,10-15H2,1H3,(H,26,29)/t17-/m1/s1. The first kappa shape index (κ1) is 24.1. The van der Waals surface area contributed by atoms with Crippen LogP contribution >= 0.6 is 0 Å². The molecule has 174 valence electrons. The van der Waals surface area contributed by atoms with E-state index in [0.717, 1.165) is 35.3 Å². The van der Waals surface area contributed by atoms with Gasteiger partial charge in [-0.3, -0.25) is 0 Å². The first-order valence-corrected chi connectivity index (χ1v) is 11.8. The van der Waals surface area contributed by atoms with Gasteiger partial charge in [-0.25, -0.2) is 13.2 Å². The Hall–Kier alpha value is -2.59. The van der Waals surface area contributed by atoms with E-state index >= 15 is 0 Å². The molecule has 0 saturated carbocycles. The molecule has 32 heavy (non-hydrogen) atoms. The summed E-state index contributed by atoms with van der Waals surface area (Å²) in [7, 11) is -4.08. The summed E-state index contributed by atoms with van der Waals surface area (Å²) in [5.41, 5.74) is 0.170. The number of nitrogens with one attached hydrogen (secondary N) is 1. The monoisotopic (exact) mass is 469 g/mol. The van der Waals surface area contributed by atoms with Gasteiger partial charge in [0, 0.05) is 32.2 Å². The number of alkyl halides is 3. The summed E-state index contributed by atoms with van der Waals surface area (Å²) in [6, 6.07) is 13.3. The van der Waals surface area contributed by atoms with E-state index < -0.39 is 26.7 Å². The molecule has 1 aliphatic rings. The van der Waals surface area contributed by atoms with Crippen molar-refractivity contribution in [3.63, 3.8) is 0 Å². The quantitative estimate of drug-likeness (QED) is 0.701. The summed E-state index contributed by atoms with van der Waals surface area (Å²) >= 11 is 0. The Morgan fingerprint density at radius 1 is 1.03 bits per heavy atom. The smallest absolute Gasteiger partial charge is 0.336 e. The van der Waals surface area contributed by atoms with E-state index in [1.54, 1.807) is 0 Å². The van der Waals surface area contributed by atoms with Gasteiger partial charge in [0.05, 0.1) is 10.5 Å². The van der Waals surface area contributed by atoms with Crippen LogP contribution in [-0.4, -0.2) is 55.9 Å². The highest BCUT2D eigenvalue weighted by molar-refractivity contribution is 7.89. The van der Waals surface area contributed by atoms with Crippen molar-refractivity contribution in [3.05, 3.63) is 65.7 Å². The molecule has 2 aromatic rings. The van der Waals surface area contributed by atoms with E-state index in [4.69, 9.17) is 0 Å². The van der Waals surface area contributed by atoms with Crippen molar-refractivity contribution in [1.82, 2.24) is 14.5 Å². The van der Waals surface area contributed by atoms with Crippen LogP contribution < -0.4 is 5.32 Å². The second-order valence-electron chi connectivity index (χ2n) is 7.79. The van der Waals surface area contributed by atoms with Gasteiger partial charge in [0.15, 0.2) is 0 Å². The molecule has 10 heteroatoms. The van der Waals surface area contributed by atoms with Gasteiger partial charge in [0.25, 0.3) is 0 Å². The van der Waals surface area contributed by atoms with Crippen LogP contribution in [0.25, 0.3) is 0 Å². The van der Waals surface area contributed by atoms with E-state index in [9.17, 15) is 26.4 Å². The topological polar surface area (TPSA) is 69.7 Å². The fourth-order valence-corrected chi connectivity index (χ4v) is 4.98. The number of benzene rings is 2. The first-order valence-electron chi connectivity index (χ1n) is 10.3. The number of nitrogens with zero attached hydrogens (tertiary/aromatic N) is 2. The molecule has 3 rings (SSSR count). The Balaban J connectivity index is 1.53. The highest BCUT2D eigenvalue weighted by Crippen LogP contribution is 2.31. The number of hydrogen-bond acceptors (Lipinski definition) is 3. The fraction of sp³-hybridized carbons (Fsp3) is 0.409. The minimum absolute atomic E-state index is 0.0182. The van der Waals surface area contributed by atoms with E-state index in [1.165, 1.54) is 10.5 Å². The van der Waals surface area contributed by atoms with Crippen molar-refractivity contribution in [2.24, 2.45) is 0 Å². The van der Waals surface area contributed by atoms with E-state index in [-0.39, 0.29) is 38.3 Å². The Morgan fingerprint density at radius 2 is 1.69 bits per heavy atom. The van der Waals surface area contributed by atoms with Crippen LogP contribution in [0.2, 0.25) is 0 Å². The third kappa shape index (κ3) is 6.01. The highest BCUT2D eigenvalue weighted by atomic mass is 32.2. The molecule has 2 aromatic carbocycles. The van der Waals surface area contributed by atoms with Gasteiger partial charge in [-0.05, 0) is 43.5 Å². The van der Waals surface area contributed by atoms with Crippen molar-refractivity contribution in [2.45, 2.75) is 36.9 Å². The third-order valence-electron chi connectivity index (χ3n) is 5.40. The molecule has 0 aliphatic carbocycles. The molecule has 1 fully saturated rings. The van der Waals surface area contributed by atoms with Crippen LogP contribution in [-0.2, 0) is 22.6 Å². The van der Waals surface area contributed by atoms with Crippen molar-refractivity contribution in [2.75, 3.05) is 26.2 Å². The molecule has 0 spiro atoms. The molecule has 1 heterocycles. The summed E-state index contributed by atoms with van der Waals surface area (Å²) < 4.78 is 65.5. The first-order chi connectivity index (χ1) is 15.1. The summed E-state index contributed by atoms with van der Waals surface area (Å²) in [6.07, 6.45) is -3.04. The van der Waals surface area contributed by atoms with E-state index in [1.807, 2.05) is 37.3 Å². The van der Waals surface area contributed by atoms with Gasteiger partial charge in [0.1, 0.15) is 0 Å². The number of aryl methyl sites for hydroxylation is 1. The number of hydrogen-bond donors (Lipinski definition) is 1. The number of halogens is 3. The summed E-state index contributed by atoms with van der Waals surface area (Å²) in [4.78, 5) is 13.6. The molecular formula is C22H26F3N3O3S. The lowest BCUT2D eigenvalue weighted by Gasteiger charge is -2.34. The number of rotatable bonds is 6. The number of piperazine rings is 1. The third-order valence-corrected chi connectivity index (χ3v) is 7.30. The second-order valence-corrected chi connectivity index (χ2v) is 9.73. The predicted molar refractivity (Wildman–Crippen MR) is 115 cm³/mol. The average molecular weight is 470 g/mol. The maximum Gasteiger partial charge on any atom is 0.416 e. The predicted octanol–water partition coefficient (Wildman–Crippen LogP) is 3.74. The number of amides is 2. The Morgan fingerprint density at radius 3 is 2.31 bits per heavy atom. The van der Waals surface area contributed by atoms with Crippen molar-refractivity contribution in [3.8, 4) is 0 Å². The zero-order chi connectivity index (χ0) is 23.4. The molecule has 2 amide bonds. The van der Waals surface area contributed by atoms with Crippen LogP contribution in [0.1, 0.15) is 24.5 Å². The van der Waals surface area contributed by atoms with Gasteiger partial charge in [-0.15, -0.1) is 0 Å². The van der Waals surface area contributed by atoms with Crippen LogP contribution in [0, 0.1) is 0 Å². The van der Waals surface area contributed by atoms with Gasteiger partial charge in [-0.2, -0.15) is 17.5 Å². The largest absolute Gasteiger partial charge is 0.416 e. The lowest BCUT2D eigenvalue weighted by molar-refractivity contribution is -0.137. The summed E-state index contributed by atoms with van der Waals surface area (Å²) in [5, 5.41) is 2.92. The zero-order valence-electron chi connectivity index (χ0n) is 17.7. The Bertz CT molecular complexity index is 1020. The summed E-state index contributed by atoms with van der Waals surface area (Å²) in [5.74, 6) is 0. The maximum absolute atomic E-state index is 12.9. The lowest BCUT2D eigenvalue weighted by atomic mass is 10.1. The van der Waals surface area contributed by atoms with Gasteiger partial charge in [-0.1, -0.05) is 36.4 Å². The van der Waals surface area contributed by atoms with Crippen molar-refractivity contribution in [1.29, 1.82) is 0 Å². The number of carbonyl (C=O) groups excluding carboxylic acids is 1. The minimum atomic E-state index is -4.63. The molecule has 1 aliphatic heterocycles. The molecule has 6 nitrogen and oxygen atoms in total. The molecule has 1 N–H and O–H groups in total. The fourth-order valence-electron chi connectivity index (χ4n) is 3.52. The normalized spacial score (nSPS) is 16.6. The molecule has 0 bridgehead atoms. The SMILES string of the molecule is C[C@H](CCc1ccccc1)NC(=O)N1CCN(S(=O)(=O)c2cccc(C(F)(F)F)c2)CC1. The van der Waals surface area contributed by atoms with Crippen molar-refractivity contribution >= 4 is 16.1 Å². The number of sulfonamides is 1. The molecule has 1 saturated heterocycles. The lowest BCUT2D eigenvalue weighted by Crippen LogP contribution is -2.54. The molecular weight excluding hydrogens is 443 g/mol. The molecule has 1 atom stereocenters. The number of urea groups is 1. The second kappa shape index (κ2) is 9.91. The van der Waals surface area contributed by atoms with Crippen molar-refractivity contribution < 1.29 is 26.4 Å². The van der Waals surface area contributed by atoms with E-state index in [0.29, 0.717) is 6.07 Å². The van der Waals surface area contributed by atoms with Crippen LogP contribution in [0.5, 0.6) is 0 Å². The zero-order valence-corrected chi connectivity index (χ0v) is 18.5. The van der Waals surface area contributed by atoms with Crippen LogP contribution in [0.15, 0.2) is 59.5 Å². The van der Waals surface area contributed by atoms with Crippen LogP contribution in [0.4, 0.5) is 18.0 Å². The average Bonchev–Trinajstić information content (AvgIpc) is 2.78. The minimum Gasteiger partial charge on any atom is -0.336 e. The molecule has 0 radical (unpaired) electrons. The van der Waals surface area contributed by atoms with Gasteiger partial charge < -0.3 is 10.2 Å². The van der Waals surface area contributed by atoms with E-state index in [2.05, 4.69) is 5.32 Å². The Kier molecular flexibility index (Phi) is 7.45. The molecule has 0 unspecified atom stereocenters.